The van der Waals surface area contributed by atoms with Crippen LogP contribution in [0.1, 0.15) is 25.3 Å². The van der Waals surface area contributed by atoms with Crippen LogP contribution in [0.2, 0.25) is 5.02 Å². The normalized spacial score (nSPS) is 12.5. The molecule has 0 fully saturated rings. The monoisotopic (exact) mass is 279 g/mol. The molecule has 0 saturated heterocycles. The number of nitrogens with zero attached hydrogens (tertiary/aromatic N) is 1. The summed E-state index contributed by atoms with van der Waals surface area (Å²) in [4.78, 5) is 10.2. The van der Waals surface area contributed by atoms with Crippen molar-refractivity contribution in [3.05, 3.63) is 38.7 Å². The first-order chi connectivity index (χ1) is 7.95. The Kier molecular flexibility index (Phi) is 5.15. The second-order valence-corrected chi connectivity index (χ2v) is 4.77. The molecule has 6 heteroatoms. The Morgan fingerprint density at radius 2 is 2.18 bits per heavy atom. The van der Waals surface area contributed by atoms with E-state index in [1.165, 1.54) is 0 Å². The number of hydrogen-bond donors (Lipinski definition) is 0. The van der Waals surface area contributed by atoms with Crippen molar-refractivity contribution in [3.8, 4) is 0 Å². The molecular formula is C11H12Cl2FNO2. The first kappa shape index (κ1) is 14.2. The molecule has 0 spiro atoms. The number of hydrogen-bond acceptors (Lipinski definition) is 2. The third-order valence-electron chi connectivity index (χ3n) is 2.36. The summed E-state index contributed by atoms with van der Waals surface area (Å²) in [6.07, 6.45) is 1.86. The fourth-order valence-electron chi connectivity index (χ4n) is 1.56. The Hall–Kier alpha value is -0.870. The Morgan fingerprint density at radius 1 is 1.53 bits per heavy atom. The lowest BCUT2D eigenvalue weighted by molar-refractivity contribution is -0.385. The van der Waals surface area contributed by atoms with Gasteiger partial charge in [-0.2, -0.15) is 0 Å². The van der Waals surface area contributed by atoms with Crippen LogP contribution in [0, 0.1) is 15.9 Å². The standard InChI is InChI=1S/C11H12Cl2FNO2/c1-2-3-8(12)4-7-5-10(14)9(13)6-11(7)15(16)17/h5-6,8H,2-4H2,1H3. The number of rotatable bonds is 5. The lowest BCUT2D eigenvalue weighted by Gasteiger charge is -2.09. The lowest BCUT2D eigenvalue weighted by Crippen LogP contribution is -2.06. The Balaban J connectivity index is 3.04. The maximum Gasteiger partial charge on any atom is 0.274 e. The van der Waals surface area contributed by atoms with Crippen LogP contribution in [-0.4, -0.2) is 10.3 Å². The molecule has 17 heavy (non-hydrogen) atoms. The second kappa shape index (κ2) is 6.17. The van der Waals surface area contributed by atoms with E-state index in [1.54, 1.807) is 0 Å². The van der Waals surface area contributed by atoms with Crippen LogP contribution >= 0.6 is 23.2 Å². The quantitative estimate of drug-likeness (QED) is 0.457. The average molecular weight is 280 g/mol. The van der Waals surface area contributed by atoms with Gasteiger partial charge in [-0.15, -0.1) is 11.6 Å². The molecule has 1 aromatic rings. The highest BCUT2D eigenvalue weighted by atomic mass is 35.5. The summed E-state index contributed by atoms with van der Waals surface area (Å²) in [5, 5.41) is 10.3. The van der Waals surface area contributed by atoms with Gasteiger partial charge in [0.05, 0.1) is 9.95 Å². The molecular weight excluding hydrogens is 268 g/mol. The molecule has 0 heterocycles. The van der Waals surface area contributed by atoms with Crippen LogP contribution in [0.15, 0.2) is 12.1 Å². The smallest absolute Gasteiger partial charge is 0.258 e. The van der Waals surface area contributed by atoms with Gasteiger partial charge in [0.15, 0.2) is 0 Å². The fourth-order valence-corrected chi connectivity index (χ4v) is 2.11. The molecule has 0 aliphatic carbocycles. The van der Waals surface area contributed by atoms with Crippen LogP contribution in [0.4, 0.5) is 10.1 Å². The maximum atomic E-state index is 13.3. The van der Waals surface area contributed by atoms with Crippen molar-refractivity contribution in [2.75, 3.05) is 0 Å². The molecule has 0 aromatic heterocycles. The van der Waals surface area contributed by atoms with E-state index in [0.717, 1.165) is 25.0 Å². The van der Waals surface area contributed by atoms with Crippen LogP contribution in [0.25, 0.3) is 0 Å². The third kappa shape index (κ3) is 3.82. The van der Waals surface area contributed by atoms with Gasteiger partial charge in [-0.25, -0.2) is 4.39 Å². The van der Waals surface area contributed by atoms with Crippen molar-refractivity contribution in [1.82, 2.24) is 0 Å². The molecule has 1 unspecified atom stereocenters. The molecule has 94 valence electrons. The minimum atomic E-state index is -0.660. The SMILES string of the molecule is CCCC(Cl)Cc1cc(F)c(Cl)cc1[N+](=O)[O-]. The van der Waals surface area contributed by atoms with Crippen LogP contribution < -0.4 is 0 Å². The van der Waals surface area contributed by atoms with E-state index in [9.17, 15) is 14.5 Å². The molecule has 3 nitrogen and oxygen atoms in total. The van der Waals surface area contributed by atoms with Crippen LogP contribution in [0.3, 0.4) is 0 Å². The fraction of sp³-hybridized carbons (Fsp3) is 0.455. The summed E-state index contributed by atoms with van der Waals surface area (Å²) in [6.45, 7) is 1.96. The second-order valence-electron chi connectivity index (χ2n) is 3.74. The molecule has 0 bridgehead atoms. The molecule has 1 rings (SSSR count). The van der Waals surface area contributed by atoms with Gasteiger partial charge >= 0.3 is 0 Å². The molecule has 0 saturated carbocycles. The minimum absolute atomic E-state index is 0.182. The highest BCUT2D eigenvalue weighted by Crippen LogP contribution is 2.28. The summed E-state index contributed by atoms with van der Waals surface area (Å²) in [7, 11) is 0. The van der Waals surface area contributed by atoms with Gasteiger partial charge in [0.2, 0.25) is 0 Å². The predicted molar refractivity (Wildman–Crippen MR) is 66.3 cm³/mol. The van der Waals surface area contributed by atoms with Gasteiger partial charge in [0, 0.05) is 17.0 Å². The van der Waals surface area contributed by atoms with Crippen molar-refractivity contribution in [1.29, 1.82) is 0 Å². The first-order valence-electron chi connectivity index (χ1n) is 5.22. The summed E-state index contributed by atoms with van der Waals surface area (Å²) in [5.41, 5.74) is 0.100. The van der Waals surface area contributed by atoms with Crippen molar-refractivity contribution >= 4 is 28.9 Å². The van der Waals surface area contributed by atoms with E-state index in [2.05, 4.69) is 0 Å². The molecule has 0 N–H and O–H groups in total. The molecule has 0 amide bonds. The van der Waals surface area contributed by atoms with Gasteiger partial charge in [-0.05, 0) is 18.9 Å². The molecule has 0 aliphatic heterocycles. The van der Waals surface area contributed by atoms with E-state index in [0.29, 0.717) is 0 Å². The van der Waals surface area contributed by atoms with Crippen LogP contribution in [-0.2, 0) is 6.42 Å². The van der Waals surface area contributed by atoms with Gasteiger partial charge in [0.1, 0.15) is 5.82 Å². The zero-order valence-electron chi connectivity index (χ0n) is 9.25. The highest BCUT2D eigenvalue weighted by molar-refractivity contribution is 6.31. The Morgan fingerprint density at radius 3 is 2.71 bits per heavy atom. The van der Waals surface area contributed by atoms with Crippen molar-refractivity contribution < 1.29 is 9.31 Å². The first-order valence-corrected chi connectivity index (χ1v) is 6.03. The van der Waals surface area contributed by atoms with Crippen molar-refractivity contribution in [3.63, 3.8) is 0 Å². The van der Waals surface area contributed by atoms with E-state index in [-0.39, 0.29) is 28.1 Å². The molecule has 0 radical (unpaired) electrons. The average Bonchev–Trinajstić information content (AvgIpc) is 2.23. The lowest BCUT2D eigenvalue weighted by atomic mass is 10.0. The van der Waals surface area contributed by atoms with Gasteiger partial charge in [0.25, 0.3) is 5.69 Å². The summed E-state index contributed by atoms with van der Waals surface area (Å²) < 4.78 is 13.3. The van der Waals surface area contributed by atoms with E-state index >= 15 is 0 Å². The minimum Gasteiger partial charge on any atom is -0.258 e. The van der Waals surface area contributed by atoms with E-state index in [4.69, 9.17) is 23.2 Å². The predicted octanol–water partition coefficient (Wildman–Crippen LogP) is 4.34. The Bertz CT molecular complexity index is 426. The summed E-state index contributed by atoms with van der Waals surface area (Å²) in [6, 6.07) is 2.12. The maximum absolute atomic E-state index is 13.3. The van der Waals surface area contributed by atoms with Gasteiger partial charge in [-0.1, -0.05) is 24.9 Å². The number of alkyl halides is 1. The van der Waals surface area contributed by atoms with E-state index < -0.39 is 10.7 Å². The third-order valence-corrected chi connectivity index (χ3v) is 3.02. The zero-order valence-corrected chi connectivity index (χ0v) is 10.8. The number of halogens is 3. The molecule has 1 atom stereocenters. The van der Waals surface area contributed by atoms with Crippen LogP contribution in [0.5, 0.6) is 0 Å². The highest BCUT2D eigenvalue weighted by Gasteiger charge is 2.19. The zero-order chi connectivity index (χ0) is 13.0. The summed E-state index contributed by atoms with van der Waals surface area (Å²) >= 11 is 11.5. The topological polar surface area (TPSA) is 43.1 Å². The van der Waals surface area contributed by atoms with E-state index in [1.807, 2.05) is 6.92 Å². The van der Waals surface area contributed by atoms with Gasteiger partial charge < -0.3 is 0 Å². The Labute approximate surface area is 109 Å². The molecule has 0 aliphatic rings. The largest absolute Gasteiger partial charge is 0.274 e. The summed E-state index contributed by atoms with van der Waals surface area (Å²) in [5.74, 6) is -0.660. The number of nitro groups is 1. The molecule has 1 aromatic carbocycles. The number of nitro benzene ring substituents is 1. The van der Waals surface area contributed by atoms with Crippen molar-refractivity contribution in [2.24, 2.45) is 0 Å². The van der Waals surface area contributed by atoms with Gasteiger partial charge in [-0.3, -0.25) is 10.1 Å². The van der Waals surface area contributed by atoms with Crippen molar-refractivity contribution in [2.45, 2.75) is 31.6 Å². The number of benzene rings is 1.